The van der Waals surface area contributed by atoms with Crippen molar-refractivity contribution in [1.82, 2.24) is 9.62 Å². The van der Waals surface area contributed by atoms with E-state index in [0.29, 0.717) is 24.4 Å². The molecule has 134 valence electrons. The molecule has 0 aromatic heterocycles. The van der Waals surface area contributed by atoms with Gasteiger partial charge in [0.1, 0.15) is 0 Å². The standard InChI is InChI=1S/C18H28N2O3S/c1-14-7-9-16(10-8-14)24(22,23)20-11-5-6-15(12-20)17(21)19-13-18(2,3)4/h7-10,15H,5-6,11-13H2,1-4H3,(H,19,21)/t15-/m1/s1. The Balaban J connectivity index is 2.07. The van der Waals surface area contributed by atoms with E-state index in [1.165, 1.54) is 4.31 Å². The van der Waals surface area contributed by atoms with Crippen LogP contribution >= 0.6 is 0 Å². The third-order valence-electron chi connectivity index (χ3n) is 4.21. The third kappa shape index (κ3) is 4.80. The lowest BCUT2D eigenvalue weighted by Gasteiger charge is -2.32. The van der Waals surface area contributed by atoms with Crippen molar-refractivity contribution in [3.8, 4) is 0 Å². The highest BCUT2D eigenvalue weighted by molar-refractivity contribution is 7.89. The van der Waals surface area contributed by atoms with Crippen LogP contribution in [-0.4, -0.2) is 38.3 Å². The topological polar surface area (TPSA) is 66.5 Å². The monoisotopic (exact) mass is 352 g/mol. The van der Waals surface area contributed by atoms with Crippen molar-refractivity contribution in [1.29, 1.82) is 0 Å². The molecule has 1 N–H and O–H groups in total. The van der Waals surface area contributed by atoms with Gasteiger partial charge in [-0.15, -0.1) is 0 Å². The first-order chi connectivity index (χ1) is 11.1. The molecule has 1 heterocycles. The Kier molecular flexibility index (Phi) is 5.71. The molecule has 1 atom stereocenters. The fourth-order valence-corrected chi connectivity index (χ4v) is 4.25. The number of aryl methyl sites for hydroxylation is 1. The zero-order chi connectivity index (χ0) is 18.0. The lowest BCUT2D eigenvalue weighted by molar-refractivity contribution is -0.126. The van der Waals surface area contributed by atoms with Crippen LogP contribution in [0.5, 0.6) is 0 Å². The van der Waals surface area contributed by atoms with Gasteiger partial charge in [0.15, 0.2) is 0 Å². The number of carbonyl (C=O) groups is 1. The summed E-state index contributed by atoms with van der Waals surface area (Å²) < 4.78 is 27.0. The molecule has 0 radical (unpaired) electrons. The highest BCUT2D eigenvalue weighted by atomic mass is 32.2. The molecule has 0 aliphatic carbocycles. The van der Waals surface area contributed by atoms with E-state index in [1.807, 2.05) is 6.92 Å². The molecule has 1 amide bonds. The van der Waals surface area contributed by atoms with E-state index in [4.69, 9.17) is 0 Å². The number of nitrogens with zero attached hydrogens (tertiary/aromatic N) is 1. The number of piperidine rings is 1. The first-order valence-corrected chi connectivity index (χ1v) is 9.88. The molecule has 0 unspecified atom stereocenters. The van der Waals surface area contributed by atoms with Gasteiger partial charge in [-0.2, -0.15) is 4.31 Å². The minimum atomic E-state index is -3.54. The SMILES string of the molecule is Cc1ccc(S(=O)(=O)N2CCC[C@@H](C(=O)NCC(C)(C)C)C2)cc1. The molecule has 0 bridgehead atoms. The molecular weight excluding hydrogens is 324 g/mol. The fraction of sp³-hybridized carbons (Fsp3) is 0.611. The predicted octanol–water partition coefficient (Wildman–Crippen LogP) is 2.56. The Hall–Kier alpha value is -1.40. The third-order valence-corrected chi connectivity index (χ3v) is 6.09. The van der Waals surface area contributed by atoms with Gasteiger partial charge in [0, 0.05) is 19.6 Å². The zero-order valence-corrected chi connectivity index (χ0v) is 15.8. The van der Waals surface area contributed by atoms with Gasteiger partial charge in [-0.05, 0) is 37.3 Å². The van der Waals surface area contributed by atoms with Crippen molar-refractivity contribution >= 4 is 15.9 Å². The lowest BCUT2D eigenvalue weighted by Crippen LogP contribution is -2.46. The van der Waals surface area contributed by atoms with Crippen LogP contribution in [0.4, 0.5) is 0 Å². The van der Waals surface area contributed by atoms with Gasteiger partial charge in [0.05, 0.1) is 10.8 Å². The van der Waals surface area contributed by atoms with Crippen LogP contribution in [0, 0.1) is 18.3 Å². The Morgan fingerprint density at radius 2 is 1.88 bits per heavy atom. The summed E-state index contributed by atoms with van der Waals surface area (Å²) in [6.07, 6.45) is 1.44. The van der Waals surface area contributed by atoms with Crippen molar-refractivity contribution in [2.45, 2.75) is 45.4 Å². The smallest absolute Gasteiger partial charge is 0.243 e. The minimum Gasteiger partial charge on any atom is -0.355 e. The van der Waals surface area contributed by atoms with Gasteiger partial charge in [0.25, 0.3) is 0 Å². The summed E-state index contributed by atoms with van der Waals surface area (Å²) in [5, 5.41) is 2.95. The van der Waals surface area contributed by atoms with Crippen molar-refractivity contribution in [3.63, 3.8) is 0 Å². The molecule has 5 nitrogen and oxygen atoms in total. The average Bonchev–Trinajstić information content (AvgIpc) is 2.52. The maximum atomic E-state index is 12.8. The van der Waals surface area contributed by atoms with Crippen molar-refractivity contribution in [3.05, 3.63) is 29.8 Å². The summed E-state index contributed by atoms with van der Waals surface area (Å²) in [5.41, 5.74) is 1.03. The molecule has 2 rings (SSSR count). The molecule has 1 aliphatic heterocycles. The quantitative estimate of drug-likeness (QED) is 0.905. The van der Waals surface area contributed by atoms with Gasteiger partial charge in [-0.1, -0.05) is 38.5 Å². The van der Waals surface area contributed by atoms with E-state index < -0.39 is 10.0 Å². The second-order valence-corrected chi connectivity index (χ2v) is 9.73. The van der Waals surface area contributed by atoms with Crippen LogP contribution in [0.3, 0.4) is 0 Å². The maximum Gasteiger partial charge on any atom is 0.243 e. The molecule has 1 fully saturated rings. The van der Waals surface area contributed by atoms with Crippen LogP contribution < -0.4 is 5.32 Å². The van der Waals surface area contributed by atoms with Crippen molar-refractivity contribution < 1.29 is 13.2 Å². The summed E-state index contributed by atoms with van der Waals surface area (Å²) in [6.45, 7) is 9.41. The summed E-state index contributed by atoms with van der Waals surface area (Å²) in [4.78, 5) is 12.7. The van der Waals surface area contributed by atoms with Crippen LogP contribution in [-0.2, 0) is 14.8 Å². The number of carbonyl (C=O) groups excluding carboxylic acids is 1. The van der Waals surface area contributed by atoms with Crippen LogP contribution in [0.25, 0.3) is 0 Å². The van der Waals surface area contributed by atoms with Gasteiger partial charge in [-0.3, -0.25) is 4.79 Å². The molecule has 1 aromatic carbocycles. The molecule has 6 heteroatoms. The van der Waals surface area contributed by atoms with E-state index in [9.17, 15) is 13.2 Å². The Morgan fingerprint density at radius 3 is 2.46 bits per heavy atom. The highest BCUT2D eigenvalue weighted by Crippen LogP contribution is 2.24. The van der Waals surface area contributed by atoms with Gasteiger partial charge >= 0.3 is 0 Å². The molecule has 24 heavy (non-hydrogen) atoms. The predicted molar refractivity (Wildman–Crippen MR) is 95.1 cm³/mol. The number of sulfonamides is 1. The number of hydrogen-bond donors (Lipinski definition) is 1. The molecule has 1 saturated heterocycles. The van der Waals surface area contributed by atoms with Gasteiger partial charge in [0.2, 0.25) is 15.9 Å². The first kappa shape index (κ1) is 18.9. The minimum absolute atomic E-state index is 0.0119. The first-order valence-electron chi connectivity index (χ1n) is 8.44. The summed E-state index contributed by atoms with van der Waals surface area (Å²) in [7, 11) is -3.54. The van der Waals surface area contributed by atoms with Crippen LogP contribution in [0.1, 0.15) is 39.2 Å². The second kappa shape index (κ2) is 7.23. The van der Waals surface area contributed by atoms with E-state index in [-0.39, 0.29) is 23.8 Å². The maximum absolute atomic E-state index is 12.8. The molecule has 1 aliphatic rings. The number of benzene rings is 1. The number of hydrogen-bond acceptors (Lipinski definition) is 3. The normalized spacial score (nSPS) is 19.9. The van der Waals surface area contributed by atoms with Gasteiger partial charge < -0.3 is 5.32 Å². The van der Waals surface area contributed by atoms with Crippen LogP contribution in [0.2, 0.25) is 0 Å². The summed E-state index contributed by atoms with van der Waals surface area (Å²) in [5.74, 6) is -0.324. The molecule has 0 spiro atoms. The number of rotatable bonds is 4. The second-order valence-electron chi connectivity index (χ2n) is 7.79. The van der Waals surface area contributed by atoms with Gasteiger partial charge in [-0.25, -0.2) is 8.42 Å². The number of amides is 1. The Bertz CT molecular complexity index is 675. The van der Waals surface area contributed by atoms with E-state index in [1.54, 1.807) is 24.3 Å². The summed E-state index contributed by atoms with van der Waals surface area (Å²) in [6, 6.07) is 6.86. The van der Waals surface area contributed by atoms with Crippen molar-refractivity contribution in [2.75, 3.05) is 19.6 Å². The zero-order valence-electron chi connectivity index (χ0n) is 15.0. The fourth-order valence-electron chi connectivity index (χ4n) is 2.73. The van der Waals surface area contributed by atoms with E-state index in [0.717, 1.165) is 12.0 Å². The summed E-state index contributed by atoms with van der Waals surface area (Å²) >= 11 is 0. The molecule has 1 aromatic rings. The lowest BCUT2D eigenvalue weighted by atomic mass is 9.95. The average molecular weight is 353 g/mol. The van der Waals surface area contributed by atoms with Crippen molar-refractivity contribution in [2.24, 2.45) is 11.3 Å². The van der Waals surface area contributed by atoms with Crippen LogP contribution in [0.15, 0.2) is 29.2 Å². The largest absolute Gasteiger partial charge is 0.355 e. The molecular formula is C18H28N2O3S. The number of nitrogens with one attached hydrogen (secondary N) is 1. The Morgan fingerprint density at radius 1 is 1.25 bits per heavy atom. The van der Waals surface area contributed by atoms with E-state index in [2.05, 4.69) is 26.1 Å². The van der Waals surface area contributed by atoms with E-state index >= 15 is 0 Å². The Labute approximate surface area is 145 Å². The highest BCUT2D eigenvalue weighted by Gasteiger charge is 2.33. The molecule has 0 saturated carbocycles.